The van der Waals surface area contributed by atoms with Gasteiger partial charge in [0.05, 0.1) is 6.10 Å². The molecule has 25 heavy (non-hydrogen) atoms. The Morgan fingerprint density at radius 1 is 1.20 bits per heavy atom. The van der Waals surface area contributed by atoms with Crippen molar-refractivity contribution < 1.29 is 19.7 Å². The van der Waals surface area contributed by atoms with Crippen molar-refractivity contribution in [2.75, 3.05) is 25.0 Å². The van der Waals surface area contributed by atoms with Crippen LogP contribution in [-0.2, 0) is 11.2 Å². The minimum atomic E-state index is -0.791. The van der Waals surface area contributed by atoms with Crippen LogP contribution in [0.3, 0.4) is 0 Å². The fourth-order valence-electron chi connectivity index (χ4n) is 2.85. The third-order valence-corrected chi connectivity index (χ3v) is 4.14. The molecule has 0 saturated heterocycles. The number of carbonyl (C=O) groups excluding carboxylic acids is 1. The van der Waals surface area contributed by atoms with E-state index < -0.39 is 6.10 Å². The van der Waals surface area contributed by atoms with Crippen LogP contribution >= 0.6 is 0 Å². The molecule has 2 aromatic rings. The first-order valence-corrected chi connectivity index (χ1v) is 8.36. The summed E-state index contributed by atoms with van der Waals surface area (Å²) in [4.78, 5) is 11.4. The number of phenols is 1. The number of ether oxygens (including phenoxy) is 1. The SMILES string of the molecule is O=C1COc2c(C(O)CNCCCc3ccccc3)ccc(O)c2N1. The van der Waals surface area contributed by atoms with Crippen molar-refractivity contribution in [1.82, 2.24) is 5.32 Å². The van der Waals surface area contributed by atoms with Gasteiger partial charge in [-0.3, -0.25) is 4.79 Å². The molecule has 1 aliphatic rings. The normalized spacial score (nSPS) is 14.4. The summed E-state index contributed by atoms with van der Waals surface area (Å²) in [6.07, 6.45) is 1.16. The molecule has 1 heterocycles. The average molecular weight is 342 g/mol. The number of hydrogen-bond acceptors (Lipinski definition) is 5. The van der Waals surface area contributed by atoms with E-state index in [-0.39, 0.29) is 24.0 Å². The Hall–Kier alpha value is -2.57. The Morgan fingerprint density at radius 3 is 2.80 bits per heavy atom. The maximum absolute atomic E-state index is 11.4. The van der Waals surface area contributed by atoms with Crippen LogP contribution in [0.4, 0.5) is 5.69 Å². The van der Waals surface area contributed by atoms with Crippen LogP contribution in [0, 0.1) is 0 Å². The molecule has 0 saturated carbocycles. The lowest BCUT2D eigenvalue weighted by Crippen LogP contribution is -2.28. The maximum Gasteiger partial charge on any atom is 0.262 e. The second kappa shape index (κ2) is 8.00. The van der Waals surface area contributed by atoms with E-state index in [0.29, 0.717) is 17.9 Å². The number of aliphatic hydroxyl groups excluding tert-OH is 1. The minimum absolute atomic E-state index is 0.0742. The van der Waals surface area contributed by atoms with Crippen LogP contribution in [0.1, 0.15) is 23.7 Å². The van der Waals surface area contributed by atoms with Gasteiger partial charge in [-0.15, -0.1) is 0 Å². The number of aromatic hydroxyl groups is 1. The highest BCUT2D eigenvalue weighted by molar-refractivity contribution is 5.97. The van der Waals surface area contributed by atoms with Crippen LogP contribution in [0.5, 0.6) is 11.5 Å². The monoisotopic (exact) mass is 342 g/mol. The van der Waals surface area contributed by atoms with Crippen molar-refractivity contribution in [2.24, 2.45) is 0 Å². The van der Waals surface area contributed by atoms with Crippen LogP contribution in [0.15, 0.2) is 42.5 Å². The minimum Gasteiger partial charge on any atom is -0.506 e. The molecule has 6 heteroatoms. The zero-order valence-electron chi connectivity index (χ0n) is 13.9. The quantitative estimate of drug-likeness (QED) is 0.456. The fourth-order valence-corrected chi connectivity index (χ4v) is 2.85. The number of hydrogen-bond donors (Lipinski definition) is 4. The first-order valence-electron chi connectivity index (χ1n) is 8.36. The van der Waals surface area contributed by atoms with Crippen molar-refractivity contribution in [2.45, 2.75) is 18.9 Å². The number of amides is 1. The van der Waals surface area contributed by atoms with Crippen molar-refractivity contribution in [3.63, 3.8) is 0 Å². The van der Waals surface area contributed by atoms with Gasteiger partial charge in [0.25, 0.3) is 5.91 Å². The lowest BCUT2D eigenvalue weighted by molar-refractivity contribution is -0.118. The number of carbonyl (C=O) groups is 1. The molecule has 1 amide bonds. The van der Waals surface area contributed by atoms with Gasteiger partial charge >= 0.3 is 0 Å². The Morgan fingerprint density at radius 2 is 2.00 bits per heavy atom. The zero-order valence-corrected chi connectivity index (χ0v) is 13.9. The van der Waals surface area contributed by atoms with E-state index in [1.54, 1.807) is 6.07 Å². The van der Waals surface area contributed by atoms with Crippen LogP contribution in [-0.4, -0.2) is 35.8 Å². The molecule has 3 rings (SSSR count). The third-order valence-electron chi connectivity index (χ3n) is 4.14. The van der Waals surface area contributed by atoms with E-state index in [0.717, 1.165) is 19.4 Å². The molecule has 2 aromatic carbocycles. The summed E-state index contributed by atoms with van der Waals surface area (Å²) in [5.74, 6) is -0.0681. The van der Waals surface area contributed by atoms with Crippen molar-refractivity contribution >= 4 is 11.6 Å². The summed E-state index contributed by atoms with van der Waals surface area (Å²) in [7, 11) is 0. The lowest BCUT2D eigenvalue weighted by Gasteiger charge is -2.23. The predicted octanol–water partition coefficient (Wildman–Crippen LogP) is 1.98. The average Bonchev–Trinajstić information content (AvgIpc) is 2.63. The standard InChI is InChI=1S/C19H22N2O4/c22-15-9-8-14(19-18(15)21-17(24)12-25-19)16(23)11-20-10-4-7-13-5-2-1-3-6-13/h1-3,5-6,8-9,16,20,22-23H,4,7,10-12H2,(H,21,24). The maximum atomic E-state index is 11.4. The number of rotatable bonds is 7. The molecule has 1 unspecified atom stereocenters. The summed E-state index contributed by atoms with van der Waals surface area (Å²) in [6, 6.07) is 13.3. The number of aliphatic hydroxyl groups is 1. The van der Waals surface area contributed by atoms with Gasteiger partial charge in [-0.2, -0.15) is 0 Å². The van der Waals surface area contributed by atoms with Gasteiger partial charge in [0.1, 0.15) is 11.4 Å². The smallest absolute Gasteiger partial charge is 0.262 e. The predicted molar refractivity (Wildman–Crippen MR) is 94.8 cm³/mol. The van der Waals surface area contributed by atoms with E-state index in [2.05, 4.69) is 22.8 Å². The molecule has 0 fully saturated rings. The zero-order chi connectivity index (χ0) is 17.6. The summed E-state index contributed by atoms with van der Waals surface area (Å²) in [5.41, 5.74) is 2.06. The van der Waals surface area contributed by atoms with Crippen LogP contribution in [0.25, 0.3) is 0 Å². The Labute approximate surface area is 146 Å². The summed E-state index contributed by atoms with van der Waals surface area (Å²) >= 11 is 0. The molecular weight excluding hydrogens is 320 g/mol. The molecule has 1 aliphatic heterocycles. The number of anilines is 1. The molecule has 0 radical (unpaired) electrons. The Balaban J connectivity index is 1.52. The van der Waals surface area contributed by atoms with Gasteiger partial charge in [0, 0.05) is 12.1 Å². The highest BCUT2D eigenvalue weighted by Crippen LogP contribution is 2.41. The molecule has 0 aromatic heterocycles. The highest BCUT2D eigenvalue weighted by atomic mass is 16.5. The summed E-state index contributed by atoms with van der Waals surface area (Å²) < 4.78 is 5.39. The third kappa shape index (κ3) is 4.29. The molecular formula is C19H22N2O4. The lowest BCUT2D eigenvalue weighted by atomic mass is 10.0. The number of benzene rings is 2. The number of aryl methyl sites for hydroxylation is 1. The first-order chi connectivity index (χ1) is 12.1. The van der Waals surface area contributed by atoms with Crippen LogP contribution < -0.4 is 15.4 Å². The van der Waals surface area contributed by atoms with Gasteiger partial charge in [-0.1, -0.05) is 30.3 Å². The summed E-state index contributed by atoms with van der Waals surface area (Å²) in [6.45, 7) is 1.02. The fraction of sp³-hybridized carbons (Fsp3) is 0.316. The van der Waals surface area contributed by atoms with E-state index >= 15 is 0 Å². The van der Waals surface area contributed by atoms with Crippen LogP contribution in [0.2, 0.25) is 0 Å². The van der Waals surface area contributed by atoms with E-state index in [9.17, 15) is 15.0 Å². The van der Waals surface area contributed by atoms with Crippen molar-refractivity contribution in [1.29, 1.82) is 0 Å². The van der Waals surface area contributed by atoms with E-state index in [4.69, 9.17) is 4.74 Å². The van der Waals surface area contributed by atoms with Crippen molar-refractivity contribution in [3.8, 4) is 11.5 Å². The second-order valence-corrected chi connectivity index (χ2v) is 6.02. The Kier molecular flexibility index (Phi) is 5.53. The summed E-state index contributed by atoms with van der Waals surface area (Å²) in [5, 5.41) is 26.1. The molecule has 1 atom stereocenters. The van der Waals surface area contributed by atoms with Crippen molar-refractivity contribution in [3.05, 3.63) is 53.6 Å². The topological polar surface area (TPSA) is 90.8 Å². The second-order valence-electron chi connectivity index (χ2n) is 6.02. The number of nitrogens with one attached hydrogen (secondary N) is 2. The van der Waals surface area contributed by atoms with Gasteiger partial charge < -0.3 is 25.6 Å². The van der Waals surface area contributed by atoms with Gasteiger partial charge in [0.2, 0.25) is 0 Å². The molecule has 0 bridgehead atoms. The first kappa shape index (κ1) is 17.3. The molecule has 0 spiro atoms. The van der Waals surface area contributed by atoms with Gasteiger partial charge in [-0.05, 0) is 37.1 Å². The number of fused-ring (bicyclic) bond motifs is 1. The van der Waals surface area contributed by atoms with E-state index in [1.165, 1.54) is 11.6 Å². The van der Waals surface area contributed by atoms with Gasteiger partial charge in [-0.25, -0.2) is 0 Å². The largest absolute Gasteiger partial charge is 0.506 e. The number of phenolic OH excluding ortho intramolecular Hbond substituents is 1. The Bertz CT molecular complexity index is 734. The molecule has 6 nitrogen and oxygen atoms in total. The molecule has 132 valence electrons. The van der Waals surface area contributed by atoms with E-state index in [1.807, 2.05) is 18.2 Å². The van der Waals surface area contributed by atoms with Gasteiger partial charge in [0.15, 0.2) is 12.4 Å². The molecule has 4 N–H and O–H groups in total. The highest BCUT2D eigenvalue weighted by Gasteiger charge is 2.25. The molecule has 0 aliphatic carbocycles.